The highest BCUT2D eigenvalue weighted by molar-refractivity contribution is 7.92. The second-order valence-corrected chi connectivity index (χ2v) is 9.65. The second-order valence-electron chi connectivity index (χ2n) is 7.04. The summed E-state index contributed by atoms with van der Waals surface area (Å²) in [4.78, 5) is 25.4. The lowest BCUT2D eigenvalue weighted by Crippen LogP contribution is -2.23. The third-order valence-corrected chi connectivity index (χ3v) is 5.42. The van der Waals surface area contributed by atoms with Crippen molar-refractivity contribution in [2.45, 2.75) is 26.1 Å². The number of hydrogen-bond acceptors (Lipinski definition) is 9. The predicted molar refractivity (Wildman–Crippen MR) is 126 cm³/mol. The summed E-state index contributed by atoms with van der Waals surface area (Å²) in [6, 6.07) is 7.07. The van der Waals surface area contributed by atoms with Crippen LogP contribution in [-0.4, -0.2) is 48.7 Å². The van der Waals surface area contributed by atoms with E-state index in [1.54, 1.807) is 42.0 Å². The van der Waals surface area contributed by atoms with E-state index >= 15 is 0 Å². The Morgan fingerprint density at radius 1 is 1.16 bits per heavy atom. The molecule has 0 radical (unpaired) electrons. The first kappa shape index (κ1) is 23.6. The highest BCUT2D eigenvalue weighted by Gasteiger charge is 2.24. The monoisotopic (exact) mass is 481 g/mol. The van der Waals surface area contributed by atoms with Crippen LogP contribution >= 0.6 is 11.3 Å². The second kappa shape index (κ2) is 10.0. The topological polar surface area (TPSA) is 132 Å². The zero-order chi connectivity index (χ0) is 23.3. The lowest BCUT2D eigenvalue weighted by atomic mass is 10.1. The number of nitrogens with zero attached hydrogens (tertiary/aromatic N) is 3. The number of amides is 1. The molecule has 1 atom stereocenters. The Morgan fingerprint density at radius 3 is 2.50 bits per heavy atom. The quantitative estimate of drug-likeness (QED) is 0.474. The van der Waals surface area contributed by atoms with Crippen molar-refractivity contribution in [1.29, 1.82) is 0 Å². The molecule has 2 N–H and O–H groups in total. The summed E-state index contributed by atoms with van der Waals surface area (Å²) >= 11 is 1.06. The molecular weight excluding hydrogens is 454 g/mol. The third-order valence-electron chi connectivity index (χ3n) is 3.95. The number of hydrogen-bond donors (Lipinski definition) is 2. The number of methoxy groups -OCH3 is 1. The van der Waals surface area contributed by atoms with Crippen molar-refractivity contribution in [3.8, 4) is 17.1 Å². The summed E-state index contributed by atoms with van der Waals surface area (Å²) in [6.45, 7) is 3.82. The molecule has 0 spiro atoms. The molecule has 3 rings (SSSR count). The van der Waals surface area contributed by atoms with Crippen molar-refractivity contribution in [2.24, 2.45) is 0 Å². The minimum Gasteiger partial charge on any atom is -0.474 e. The molecule has 0 aliphatic rings. The summed E-state index contributed by atoms with van der Waals surface area (Å²) in [5, 5.41) is 4.49. The van der Waals surface area contributed by atoms with E-state index in [2.05, 4.69) is 25.0 Å². The van der Waals surface area contributed by atoms with E-state index in [1.807, 2.05) is 13.8 Å². The fourth-order valence-electron chi connectivity index (χ4n) is 2.69. The van der Waals surface area contributed by atoms with Crippen molar-refractivity contribution < 1.29 is 25.5 Å². The maximum absolute atomic E-state index is 12.7. The number of aromatic nitrogens is 3. The molecule has 0 fully saturated rings. The van der Waals surface area contributed by atoms with Gasteiger partial charge in [-0.15, -0.1) is 11.3 Å². The molecule has 1 unspecified atom stereocenters. The van der Waals surface area contributed by atoms with Crippen molar-refractivity contribution in [3.05, 3.63) is 47.7 Å². The molecule has 1 aromatic carbocycles. The third kappa shape index (κ3) is 6.45. The number of benzene rings is 1. The molecule has 0 saturated heterocycles. The van der Waals surface area contributed by atoms with Crippen LogP contribution in [0.25, 0.3) is 11.3 Å². The first-order valence-electron chi connectivity index (χ1n) is 9.50. The molecular formula is C20H27N5O5S2. The van der Waals surface area contributed by atoms with E-state index in [0.29, 0.717) is 23.0 Å². The molecule has 10 nitrogen and oxygen atoms in total. The molecule has 2 heterocycles. The summed E-state index contributed by atoms with van der Waals surface area (Å²) in [5.74, 6) is -0.00520. The van der Waals surface area contributed by atoms with Crippen LogP contribution in [0.4, 0.5) is 10.8 Å². The number of sulfonamides is 1. The fourth-order valence-corrected chi connectivity index (χ4v) is 4.27. The smallest absolute Gasteiger partial charge is 0.259 e. The number of carbonyl (C=O) groups excluding carboxylic acids is 1. The van der Waals surface area contributed by atoms with Gasteiger partial charge in [-0.1, -0.05) is 12.1 Å². The van der Waals surface area contributed by atoms with E-state index < -0.39 is 22.0 Å². The number of ether oxygens (including phenoxy) is 2. The normalized spacial score (nSPS) is 12.4. The molecule has 2 aromatic heterocycles. The molecule has 0 bridgehead atoms. The van der Waals surface area contributed by atoms with E-state index in [9.17, 15) is 13.2 Å². The van der Waals surface area contributed by atoms with Crippen LogP contribution in [0.2, 0.25) is 0 Å². The van der Waals surface area contributed by atoms with Crippen LogP contribution in [0.1, 0.15) is 28.5 Å². The summed E-state index contributed by atoms with van der Waals surface area (Å²) in [7, 11) is -2.09. The Hall–Kier alpha value is -3.09. The fraction of sp³-hybridized carbons (Fsp3) is 0.300. The number of carbonyl (C=O) groups is 1. The number of anilines is 2. The van der Waals surface area contributed by atoms with E-state index in [0.717, 1.165) is 23.2 Å². The lowest BCUT2D eigenvalue weighted by molar-refractivity contribution is -0.126. The van der Waals surface area contributed by atoms with E-state index in [1.165, 1.54) is 7.11 Å². The average Bonchev–Trinajstić information content (AvgIpc) is 3.15. The minimum atomic E-state index is -3.46. The van der Waals surface area contributed by atoms with Crippen LogP contribution in [-0.2, 0) is 19.6 Å². The molecule has 0 aliphatic carbocycles. The lowest BCUT2D eigenvalue weighted by Gasteiger charge is -2.14. The Kier molecular flexibility index (Phi) is 7.38. The van der Waals surface area contributed by atoms with Gasteiger partial charge in [0.25, 0.3) is 5.91 Å². The zero-order valence-electron chi connectivity index (χ0n) is 17.9. The molecule has 174 valence electrons. The first-order valence-corrected chi connectivity index (χ1v) is 12.3. The van der Waals surface area contributed by atoms with Gasteiger partial charge >= 0.3 is 0 Å². The van der Waals surface area contributed by atoms with Gasteiger partial charge in [0, 0.05) is 26.6 Å². The maximum atomic E-state index is 12.7. The first-order chi connectivity index (χ1) is 15.1. The Labute approximate surface area is 193 Å². The average molecular weight is 482 g/mol. The molecule has 12 heteroatoms. The van der Waals surface area contributed by atoms with Gasteiger partial charge in [0.05, 0.1) is 36.1 Å². The van der Waals surface area contributed by atoms with Crippen LogP contribution < -0.4 is 14.8 Å². The van der Waals surface area contributed by atoms with Crippen molar-refractivity contribution in [2.75, 3.05) is 23.4 Å². The predicted octanol–water partition coefficient (Wildman–Crippen LogP) is 3.58. The molecule has 3 aromatic rings. The van der Waals surface area contributed by atoms with Gasteiger partial charge < -0.3 is 14.8 Å². The van der Waals surface area contributed by atoms with Crippen molar-refractivity contribution in [3.63, 3.8) is 0 Å². The molecule has 1 amide bonds. The van der Waals surface area contributed by atoms with E-state index in [-0.39, 0.29) is 14.1 Å². The van der Waals surface area contributed by atoms with Crippen LogP contribution in [0.5, 0.6) is 5.88 Å². The van der Waals surface area contributed by atoms with Crippen molar-refractivity contribution in [1.82, 2.24) is 15.0 Å². The van der Waals surface area contributed by atoms with Gasteiger partial charge in [-0.05, 0) is 26.0 Å². The van der Waals surface area contributed by atoms with Gasteiger partial charge in [0.15, 0.2) is 11.2 Å². The van der Waals surface area contributed by atoms with Gasteiger partial charge in [0.1, 0.15) is 0 Å². The number of thiazole rings is 1. The summed E-state index contributed by atoms with van der Waals surface area (Å²) in [5.41, 5.74) is 2.30. The van der Waals surface area contributed by atoms with Crippen LogP contribution in [0.3, 0.4) is 0 Å². The Bertz CT molecular complexity index is 1190. The Balaban J connectivity index is 0.00000289. The SMILES string of the molecule is COC(C(=O)Nc1ccc(-c2cncc(OC(C)C)n2)cc1)c1csc(NS(C)(=O)=O)n1.[HH].[HH]. The molecule has 0 aliphatic heterocycles. The molecule has 0 saturated carbocycles. The van der Waals surface area contributed by atoms with Gasteiger partial charge in [-0.2, -0.15) is 0 Å². The highest BCUT2D eigenvalue weighted by Crippen LogP contribution is 2.26. The zero-order valence-corrected chi connectivity index (χ0v) is 19.5. The molecule has 32 heavy (non-hydrogen) atoms. The van der Waals surface area contributed by atoms with Crippen LogP contribution in [0.15, 0.2) is 42.0 Å². The Morgan fingerprint density at radius 2 is 1.88 bits per heavy atom. The van der Waals surface area contributed by atoms with Crippen molar-refractivity contribution >= 4 is 38.1 Å². The minimum absolute atomic E-state index is 0. The van der Waals surface area contributed by atoms with Gasteiger partial charge in [0.2, 0.25) is 15.9 Å². The van der Waals surface area contributed by atoms with Crippen LogP contribution in [0, 0.1) is 0 Å². The summed E-state index contributed by atoms with van der Waals surface area (Å²) in [6.07, 6.45) is 3.19. The summed E-state index contributed by atoms with van der Waals surface area (Å²) < 4.78 is 35.8. The largest absolute Gasteiger partial charge is 0.474 e. The maximum Gasteiger partial charge on any atom is 0.259 e. The number of nitrogens with one attached hydrogen (secondary N) is 2. The number of rotatable bonds is 9. The highest BCUT2D eigenvalue weighted by atomic mass is 32.2. The standard InChI is InChI=1S/C20H23N5O5S2.2H2/c1-12(2)30-17-10-21-9-15(23-17)13-5-7-14(8-6-13)22-19(26)18(29-3)16-11-31-20(24-16)25-32(4,27)28;;/h5-12,18H,1-4H3,(H,22,26)(H,24,25);2*1H. The van der Waals surface area contributed by atoms with E-state index in [4.69, 9.17) is 9.47 Å². The van der Waals surface area contributed by atoms with Gasteiger partial charge in [-0.25, -0.2) is 18.4 Å². The van der Waals surface area contributed by atoms with Gasteiger partial charge in [-0.3, -0.25) is 14.5 Å².